The second-order valence-corrected chi connectivity index (χ2v) is 10.6. The molecular weight excluding hydrogens is 460 g/mol. The highest BCUT2D eigenvalue weighted by atomic mass is 32.1. The summed E-state index contributed by atoms with van der Waals surface area (Å²) in [5.74, 6) is 1.58. The van der Waals surface area contributed by atoms with Crippen molar-refractivity contribution in [3.05, 3.63) is 64.8 Å². The number of rotatable bonds is 7. The SMILES string of the molecule is Cc1nc2cc(OC([C@@H](C)O)N3CCN(Cc4c(C)noc4-c4ccccc4)C[C@@H]3C)ccc2s1. The molecular formula is C27H32N4O3S. The third kappa shape index (κ3) is 5.11. The normalized spacial score (nSPS) is 19.2. The monoisotopic (exact) mass is 492 g/mol. The lowest BCUT2D eigenvalue weighted by Gasteiger charge is -2.44. The van der Waals surface area contributed by atoms with E-state index in [4.69, 9.17) is 9.26 Å². The summed E-state index contributed by atoms with van der Waals surface area (Å²) in [5, 5.41) is 15.9. The predicted molar refractivity (Wildman–Crippen MR) is 139 cm³/mol. The van der Waals surface area contributed by atoms with E-state index in [9.17, 15) is 5.11 Å². The molecule has 2 aromatic heterocycles. The van der Waals surface area contributed by atoms with E-state index < -0.39 is 12.3 Å². The molecule has 3 heterocycles. The van der Waals surface area contributed by atoms with Gasteiger partial charge in [0.1, 0.15) is 11.9 Å². The van der Waals surface area contributed by atoms with E-state index in [0.717, 1.165) is 69.7 Å². The zero-order valence-electron chi connectivity index (χ0n) is 20.6. The topological polar surface area (TPSA) is 74.9 Å². The molecule has 1 N–H and O–H groups in total. The Balaban J connectivity index is 1.28. The molecule has 0 radical (unpaired) electrons. The third-order valence-electron chi connectivity index (χ3n) is 6.63. The van der Waals surface area contributed by atoms with Gasteiger partial charge >= 0.3 is 0 Å². The van der Waals surface area contributed by atoms with Crippen LogP contribution >= 0.6 is 11.3 Å². The van der Waals surface area contributed by atoms with Crippen molar-refractivity contribution >= 4 is 21.6 Å². The van der Waals surface area contributed by atoms with Crippen LogP contribution in [0.15, 0.2) is 53.1 Å². The Morgan fingerprint density at radius 3 is 2.71 bits per heavy atom. The summed E-state index contributed by atoms with van der Waals surface area (Å²) >= 11 is 1.67. The van der Waals surface area contributed by atoms with Crippen molar-refractivity contribution in [3.63, 3.8) is 0 Å². The standard InChI is InChI=1S/C27H32N4O3S/c1-17-15-30(16-23-18(2)29-34-26(23)21-8-6-5-7-9-21)12-13-31(17)27(19(3)32)33-22-10-11-25-24(14-22)28-20(4)35-25/h5-11,14,17,19,27,32H,12-13,15-16H2,1-4H3/t17-,19+,27?/m0/s1. The van der Waals surface area contributed by atoms with Crippen molar-refractivity contribution in [3.8, 4) is 17.1 Å². The molecule has 0 saturated carbocycles. The van der Waals surface area contributed by atoms with Crippen molar-refractivity contribution in [2.75, 3.05) is 19.6 Å². The molecule has 0 bridgehead atoms. The quantitative estimate of drug-likeness (QED) is 0.395. The van der Waals surface area contributed by atoms with Crippen LogP contribution in [0.25, 0.3) is 21.5 Å². The molecule has 0 amide bonds. The fourth-order valence-electron chi connectivity index (χ4n) is 4.86. The number of aryl methyl sites for hydroxylation is 2. The maximum absolute atomic E-state index is 10.6. The van der Waals surface area contributed by atoms with E-state index in [1.54, 1.807) is 18.3 Å². The van der Waals surface area contributed by atoms with Crippen molar-refractivity contribution in [2.24, 2.45) is 0 Å². The van der Waals surface area contributed by atoms with Gasteiger partial charge in [-0.25, -0.2) is 4.98 Å². The van der Waals surface area contributed by atoms with E-state index in [0.29, 0.717) is 0 Å². The minimum absolute atomic E-state index is 0.203. The summed E-state index contributed by atoms with van der Waals surface area (Å²) in [5.41, 5.74) is 4.04. The molecule has 1 aliphatic rings. The van der Waals surface area contributed by atoms with Crippen LogP contribution in [0.1, 0.15) is 30.1 Å². The molecule has 7 nitrogen and oxygen atoms in total. The Morgan fingerprint density at radius 2 is 1.97 bits per heavy atom. The molecule has 2 aromatic carbocycles. The van der Waals surface area contributed by atoms with Gasteiger partial charge in [-0.15, -0.1) is 11.3 Å². The fraction of sp³-hybridized carbons (Fsp3) is 0.407. The van der Waals surface area contributed by atoms with Gasteiger partial charge in [-0.2, -0.15) is 0 Å². The Labute approximate surface area is 209 Å². The summed E-state index contributed by atoms with van der Waals surface area (Å²) < 4.78 is 13.2. The lowest BCUT2D eigenvalue weighted by molar-refractivity contribution is -0.0958. The number of piperazine rings is 1. The zero-order valence-corrected chi connectivity index (χ0v) is 21.5. The molecule has 0 aliphatic carbocycles. The van der Waals surface area contributed by atoms with Crippen LogP contribution in [0.4, 0.5) is 0 Å². The predicted octanol–water partition coefficient (Wildman–Crippen LogP) is 4.86. The average Bonchev–Trinajstić information content (AvgIpc) is 3.39. The number of aromatic nitrogens is 2. The van der Waals surface area contributed by atoms with Crippen LogP contribution in [0, 0.1) is 13.8 Å². The minimum atomic E-state index is -0.637. The number of aliphatic hydroxyl groups is 1. The molecule has 3 atom stereocenters. The Morgan fingerprint density at radius 1 is 1.17 bits per heavy atom. The molecule has 1 unspecified atom stereocenters. The molecule has 35 heavy (non-hydrogen) atoms. The van der Waals surface area contributed by atoms with E-state index in [1.807, 2.05) is 50.2 Å². The van der Waals surface area contributed by atoms with Crippen molar-refractivity contribution in [1.29, 1.82) is 0 Å². The molecule has 184 valence electrons. The van der Waals surface area contributed by atoms with E-state index >= 15 is 0 Å². The highest BCUT2D eigenvalue weighted by Gasteiger charge is 2.34. The molecule has 1 fully saturated rings. The van der Waals surface area contributed by atoms with E-state index in [1.165, 1.54) is 0 Å². The van der Waals surface area contributed by atoms with Crippen LogP contribution in [0.3, 0.4) is 0 Å². The largest absolute Gasteiger partial charge is 0.472 e. The number of benzene rings is 2. The summed E-state index contributed by atoms with van der Waals surface area (Å²) in [7, 11) is 0. The number of aliphatic hydroxyl groups excluding tert-OH is 1. The van der Waals surface area contributed by atoms with Gasteiger partial charge in [0.2, 0.25) is 0 Å². The Hall–Kier alpha value is -2.78. The fourth-order valence-corrected chi connectivity index (χ4v) is 5.67. The van der Waals surface area contributed by atoms with Gasteiger partial charge in [0.05, 0.1) is 20.9 Å². The first kappa shape index (κ1) is 23.9. The zero-order chi connectivity index (χ0) is 24.5. The first-order valence-electron chi connectivity index (χ1n) is 12.1. The number of nitrogens with zero attached hydrogens (tertiary/aromatic N) is 4. The van der Waals surface area contributed by atoms with Gasteiger partial charge in [0.15, 0.2) is 12.0 Å². The summed E-state index contributed by atoms with van der Waals surface area (Å²) in [4.78, 5) is 9.26. The highest BCUT2D eigenvalue weighted by Crippen LogP contribution is 2.30. The molecule has 1 saturated heterocycles. The van der Waals surface area contributed by atoms with Gasteiger partial charge in [-0.1, -0.05) is 35.5 Å². The molecule has 8 heteroatoms. The van der Waals surface area contributed by atoms with Crippen molar-refractivity contribution in [1.82, 2.24) is 19.9 Å². The molecule has 0 spiro atoms. The van der Waals surface area contributed by atoms with E-state index in [-0.39, 0.29) is 6.04 Å². The summed E-state index contributed by atoms with van der Waals surface area (Å²) in [6.45, 7) is 11.3. The minimum Gasteiger partial charge on any atom is -0.472 e. The van der Waals surface area contributed by atoms with Gasteiger partial charge < -0.3 is 14.4 Å². The van der Waals surface area contributed by atoms with Gasteiger partial charge in [-0.05, 0) is 39.8 Å². The van der Waals surface area contributed by atoms with Gasteiger partial charge in [0, 0.05) is 49.4 Å². The number of ether oxygens (including phenoxy) is 1. The lowest BCUT2D eigenvalue weighted by Crippen LogP contribution is -2.59. The highest BCUT2D eigenvalue weighted by molar-refractivity contribution is 7.18. The molecule has 4 aromatic rings. The van der Waals surface area contributed by atoms with Crippen molar-refractivity contribution < 1.29 is 14.4 Å². The lowest BCUT2D eigenvalue weighted by atomic mass is 10.1. The average molecular weight is 493 g/mol. The second kappa shape index (κ2) is 10.1. The molecule has 1 aliphatic heterocycles. The van der Waals surface area contributed by atoms with Crippen LogP contribution < -0.4 is 4.74 Å². The maximum atomic E-state index is 10.6. The summed E-state index contributed by atoms with van der Waals surface area (Å²) in [6, 6.07) is 16.3. The maximum Gasteiger partial charge on any atom is 0.178 e. The van der Waals surface area contributed by atoms with Crippen LogP contribution in [0.2, 0.25) is 0 Å². The summed E-state index contributed by atoms with van der Waals surface area (Å²) in [6.07, 6.45) is -1.07. The number of thiazole rings is 1. The van der Waals surface area contributed by atoms with Crippen LogP contribution in [0.5, 0.6) is 5.75 Å². The number of hydrogen-bond acceptors (Lipinski definition) is 8. The number of hydrogen-bond donors (Lipinski definition) is 1. The number of fused-ring (bicyclic) bond motifs is 1. The first-order chi connectivity index (χ1) is 16.9. The first-order valence-corrected chi connectivity index (χ1v) is 12.9. The smallest absolute Gasteiger partial charge is 0.178 e. The Kier molecular flexibility index (Phi) is 6.88. The van der Waals surface area contributed by atoms with Gasteiger partial charge in [0.25, 0.3) is 0 Å². The third-order valence-corrected chi connectivity index (χ3v) is 7.58. The van der Waals surface area contributed by atoms with Gasteiger partial charge in [-0.3, -0.25) is 9.80 Å². The van der Waals surface area contributed by atoms with Crippen LogP contribution in [-0.4, -0.2) is 63.1 Å². The molecule has 5 rings (SSSR count). The second-order valence-electron chi connectivity index (χ2n) is 9.38. The van der Waals surface area contributed by atoms with Crippen molar-refractivity contribution in [2.45, 2.75) is 52.6 Å². The van der Waals surface area contributed by atoms with E-state index in [2.05, 4.69) is 39.0 Å². The van der Waals surface area contributed by atoms with Crippen LogP contribution in [-0.2, 0) is 6.54 Å². The Bertz CT molecular complexity index is 1290.